The number of hydrogen-bond donors (Lipinski definition) is 0. The van der Waals surface area contributed by atoms with E-state index >= 15 is 0 Å². The van der Waals surface area contributed by atoms with Crippen molar-refractivity contribution < 1.29 is 9.53 Å². The second-order valence-electron chi connectivity index (χ2n) is 4.82. The van der Waals surface area contributed by atoms with E-state index in [4.69, 9.17) is 4.74 Å². The molecule has 1 aliphatic rings. The molecule has 0 bridgehead atoms. The zero-order valence-corrected chi connectivity index (χ0v) is 9.58. The van der Waals surface area contributed by atoms with Gasteiger partial charge in [-0.1, -0.05) is 20.3 Å². The Morgan fingerprint density at radius 3 is 2.57 bits per heavy atom. The van der Waals surface area contributed by atoms with Crippen LogP contribution in [0.15, 0.2) is 0 Å². The maximum absolute atomic E-state index is 10.9. The Bertz CT molecular complexity index is 187. The summed E-state index contributed by atoms with van der Waals surface area (Å²) >= 11 is 0. The van der Waals surface area contributed by atoms with Crippen LogP contribution in [0.3, 0.4) is 0 Å². The SMILES string of the molecule is CC(=O)O[C@@H]1CCCC[C@H]1CC(C)C. The summed E-state index contributed by atoms with van der Waals surface area (Å²) in [6.07, 6.45) is 6.20. The third-order valence-electron chi connectivity index (χ3n) is 2.93. The molecular weight excluding hydrogens is 176 g/mol. The molecule has 0 radical (unpaired) electrons. The Hall–Kier alpha value is -0.530. The van der Waals surface area contributed by atoms with Crippen molar-refractivity contribution in [2.24, 2.45) is 11.8 Å². The van der Waals surface area contributed by atoms with Crippen LogP contribution in [0.1, 0.15) is 52.9 Å². The molecule has 0 spiro atoms. The lowest BCUT2D eigenvalue weighted by Crippen LogP contribution is -2.30. The first-order valence-electron chi connectivity index (χ1n) is 5.76. The zero-order valence-electron chi connectivity index (χ0n) is 9.58. The normalized spacial score (nSPS) is 27.7. The molecule has 82 valence electrons. The number of hydrogen-bond acceptors (Lipinski definition) is 2. The van der Waals surface area contributed by atoms with Crippen LogP contribution >= 0.6 is 0 Å². The van der Waals surface area contributed by atoms with Gasteiger partial charge in [0.1, 0.15) is 6.10 Å². The average Bonchev–Trinajstić information content (AvgIpc) is 2.06. The standard InChI is InChI=1S/C12H22O2/c1-9(2)8-11-6-4-5-7-12(11)14-10(3)13/h9,11-12H,4-8H2,1-3H3/t11-,12+/m0/s1. The number of carbonyl (C=O) groups excluding carboxylic acids is 1. The van der Waals surface area contributed by atoms with Gasteiger partial charge in [0.2, 0.25) is 0 Å². The lowest BCUT2D eigenvalue weighted by molar-refractivity contribution is -0.151. The second-order valence-corrected chi connectivity index (χ2v) is 4.82. The highest BCUT2D eigenvalue weighted by molar-refractivity contribution is 5.66. The first-order chi connectivity index (χ1) is 6.59. The minimum Gasteiger partial charge on any atom is -0.462 e. The summed E-state index contributed by atoms with van der Waals surface area (Å²) in [5.41, 5.74) is 0. The Morgan fingerprint density at radius 2 is 2.00 bits per heavy atom. The molecule has 0 amide bonds. The fourth-order valence-electron chi connectivity index (χ4n) is 2.42. The minimum absolute atomic E-state index is 0.120. The van der Waals surface area contributed by atoms with Crippen molar-refractivity contribution in [2.45, 2.75) is 59.0 Å². The fraction of sp³-hybridized carbons (Fsp3) is 0.917. The maximum Gasteiger partial charge on any atom is 0.302 e. The maximum atomic E-state index is 10.9. The average molecular weight is 198 g/mol. The number of carbonyl (C=O) groups is 1. The van der Waals surface area contributed by atoms with Crippen molar-refractivity contribution in [3.05, 3.63) is 0 Å². The van der Waals surface area contributed by atoms with Crippen molar-refractivity contribution in [1.82, 2.24) is 0 Å². The van der Waals surface area contributed by atoms with Crippen LogP contribution < -0.4 is 0 Å². The van der Waals surface area contributed by atoms with Gasteiger partial charge in [0.05, 0.1) is 0 Å². The second kappa shape index (κ2) is 5.38. The molecular formula is C12H22O2. The molecule has 0 aromatic carbocycles. The van der Waals surface area contributed by atoms with Gasteiger partial charge < -0.3 is 4.74 Å². The molecule has 1 saturated carbocycles. The predicted octanol–water partition coefficient (Wildman–Crippen LogP) is 3.15. The van der Waals surface area contributed by atoms with Crippen molar-refractivity contribution in [1.29, 1.82) is 0 Å². The van der Waals surface area contributed by atoms with Gasteiger partial charge >= 0.3 is 5.97 Å². The highest BCUT2D eigenvalue weighted by atomic mass is 16.5. The van der Waals surface area contributed by atoms with Crippen LogP contribution in [0.5, 0.6) is 0 Å². The van der Waals surface area contributed by atoms with E-state index in [1.165, 1.54) is 32.6 Å². The fourth-order valence-corrected chi connectivity index (χ4v) is 2.42. The molecule has 0 heterocycles. The van der Waals surface area contributed by atoms with Gasteiger partial charge in [0, 0.05) is 6.92 Å². The van der Waals surface area contributed by atoms with Crippen LogP contribution in [0.4, 0.5) is 0 Å². The van der Waals surface area contributed by atoms with Crippen molar-refractivity contribution in [3.8, 4) is 0 Å². The predicted molar refractivity (Wildman–Crippen MR) is 57.0 cm³/mol. The van der Waals surface area contributed by atoms with Gasteiger partial charge in [-0.15, -0.1) is 0 Å². The van der Waals surface area contributed by atoms with Crippen molar-refractivity contribution >= 4 is 5.97 Å². The van der Waals surface area contributed by atoms with E-state index in [0.717, 1.165) is 6.42 Å². The highest BCUT2D eigenvalue weighted by Crippen LogP contribution is 2.31. The van der Waals surface area contributed by atoms with Crippen molar-refractivity contribution in [3.63, 3.8) is 0 Å². The summed E-state index contributed by atoms with van der Waals surface area (Å²) in [5, 5.41) is 0. The van der Waals surface area contributed by atoms with E-state index in [2.05, 4.69) is 13.8 Å². The number of rotatable bonds is 3. The third-order valence-corrected chi connectivity index (χ3v) is 2.93. The molecule has 0 aromatic heterocycles. The summed E-state index contributed by atoms with van der Waals surface area (Å²) in [6, 6.07) is 0. The molecule has 14 heavy (non-hydrogen) atoms. The molecule has 0 unspecified atom stereocenters. The molecule has 0 aromatic rings. The molecule has 2 atom stereocenters. The topological polar surface area (TPSA) is 26.3 Å². The molecule has 2 heteroatoms. The monoisotopic (exact) mass is 198 g/mol. The van der Waals surface area contributed by atoms with E-state index in [0.29, 0.717) is 11.8 Å². The van der Waals surface area contributed by atoms with Gasteiger partial charge in [-0.25, -0.2) is 0 Å². The summed E-state index contributed by atoms with van der Waals surface area (Å²) < 4.78 is 5.37. The largest absolute Gasteiger partial charge is 0.462 e. The smallest absolute Gasteiger partial charge is 0.302 e. The highest BCUT2D eigenvalue weighted by Gasteiger charge is 2.27. The Kier molecular flexibility index (Phi) is 4.43. The Morgan fingerprint density at radius 1 is 1.36 bits per heavy atom. The van der Waals surface area contributed by atoms with Gasteiger partial charge in [-0.05, 0) is 37.5 Å². The number of esters is 1. The molecule has 1 rings (SSSR count). The van der Waals surface area contributed by atoms with Crippen LogP contribution in [-0.4, -0.2) is 12.1 Å². The van der Waals surface area contributed by atoms with Crippen LogP contribution in [0.2, 0.25) is 0 Å². The Balaban J connectivity index is 2.45. The Labute approximate surface area is 87.0 Å². The van der Waals surface area contributed by atoms with Crippen LogP contribution in [0, 0.1) is 11.8 Å². The molecule has 0 saturated heterocycles. The first kappa shape index (κ1) is 11.5. The number of ether oxygens (including phenoxy) is 1. The van der Waals surface area contributed by atoms with E-state index in [9.17, 15) is 4.79 Å². The summed E-state index contributed by atoms with van der Waals surface area (Å²) in [4.78, 5) is 10.9. The van der Waals surface area contributed by atoms with E-state index in [1.54, 1.807) is 0 Å². The van der Waals surface area contributed by atoms with E-state index in [-0.39, 0.29) is 12.1 Å². The van der Waals surface area contributed by atoms with E-state index in [1.807, 2.05) is 0 Å². The molecule has 1 aliphatic carbocycles. The van der Waals surface area contributed by atoms with Crippen LogP contribution in [-0.2, 0) is 9.53 Å². The van der Waals surface area contributed by atoms with Gasteiger partial charge in [0.15, 0.2) is 0 Å². The summed E-state index contributed by atoms with van der Waals surface area (Å²) in [7, 11) is 0. The quantitative estimate of drug-likeness (QED) is 0.651. The van der Waals surface area contributed by atoms with Gasteiger partial charge in [-0.2, -0.15) is 0 Å². The van der Waals surface area contributed by atoms with Crippen LogP contribution in [0.25, 0.3) is 0 Å². The third kappa shape index (κ3) is 3.69. The zero-order chi connectivity index (χ0) is 10.6. The van der Waals surface area contributed by atoms with Gasteiger partial charge in [-0.3, -0.25) is 4.79 Å². The van der Waals surface area contributed by atoms with E-state index < -0.39 is 0 Å². The van der Waals surface area contributed by atoms with Crippen molar-refractivity contribution in [2.75, 3.05) is 0 Å². The molecule has 0 N–H and O–H groups in total. The lowest BCUT2D eigenvalue weighted by Gasteiger charge is -2.31. The first-order valence-corrected chi connectivity index (χ1v) is 5.76. The molecule has 2 nitrogen and oxygen atoms in total. The lowest BCUT2D eigenvalue weighted by atomic mass is 9.81. The summed E-state index contributed by atoms with van der Waals surface area (Å²) in [5.74, 6) is 1.19. The minimum atomic E-state index is -0.120. The molecule has 0 aliphatic heterocycles. The van der Waals surface area contributed by atoms with Gasteiger partial charge in [0.25, 0.3) is 0 Å². The molecule has 1 fully saturated rings. The summed E-state index contributed by atoms with van der Waals surface area (Å²) in [6.45, 7) is 5.99.